The van der Waals surface area contributed by atoms with Crippen molar-refractivity contribution in [2.24, 2.45) is 5.92 Å². The molecule has 1 N–H and O–H groups in total. The van der Waals surface area contributed by atoms with E-state index in [-0.39, 0.29) is 11.9 Å². The Hall–Kier alpha value is -2.66. The molecular formula is C24H29N3O2. The molecule has 0 aliphatic carbocycles. The first-order chi connectivity index (χ1) is 14.1. The summed E-state index contributed by atoms with van der Waals surface area (Å²) in [6, 6.07) is 19.9. The van der Waals surface area contributed by atoms with Crippen LogP contribution in [0.15, 0.2) is 60.7 Å². The Morgan fingerprint density at radius 2 is 1.59 bits per heavy atom. The molecule has 0 radical (unpaired) electrons. The van der Waals surface area contributed by atoms with E-state index < -0.39 is 5.54 Å². The third-order valence-corrected chi connectivity index (χ3v) is 6.39. The highest BCUT2D eigenvalue weighted by molar-refractivity contribution is 6.07. The van der Waals surface area contributed by atoms with Gasteiger partial charge in [0.25, 0.3) is 5.91 Å². The average Bonchev–Trinajstić information content (AvgIpc) is 3.01. The van der Waals surface area contributed by atoms with Crippen molar-refractivity contribution in [1.29, 1.82) is 0 Å². The summed E-state index contributed by atoms with van der Waals surface area (Å²) in [4.78, 5) is 29.6. The van der Waals surface area contributed by atoms with E-state index in [4.69, 9.17) is 0 Å². The smallest absolute Gasteiger partial charge is 0.319 e. The van der Waals surface area contributed by atoms with E-state index in [0.29, 0.717) is 19.0 Å². The van der Waals surface area contributed by atoms with Gasteiger partial charge < -0.3 is 5.32 Å². The first-order valence-electron chi connectivity index (χ1n) is 10.6. The van der Waals surface area contributed by atoms with Crippen molar-refractivity contribution in [3.63, 3.8) is 0 Å². The minimum atomic E-state index is -0.941. The van der Waals surface area contributed by atoms with Crippen molar-refractivity contribution in [2.45, 2.75) is 38.1 Å². The lowest BCUT2D eigenvalue weighted by Gasteiger charge is -2.34. The molecule has 152 valence electrons. The largest absolute Gasteiger partial charge is 0.326 e. The zero-order chi connectivity index (χ0) is 20.3. The fourth-order valence-electron chi connectivity index (χ4n) is 4.60. The second kappa shape index (κ2) is 8.37. The van der Waals surface area contributed by atoms with Crippen molar-refractivity contribution in [3.05, 3.63) is 71.8 Å². The van der Waals surface area contributed by atoms with Crippen LogP contribution in [0.5, 0.6) is 0 Å². The maximum atomic E-state index is 13.3. The fourth-order valence-corrected chi connectivity index (χ4v) is 4.60. The van der Waals surface area contributed by atoms with Gasteiger partial charge in [-0.05, 0) is 42.7 Å². The molecule has 2 aliphatic rings. The highest BCUT2D eigenvalue weighted by Gasteiger charge is 2.51. The van der Waals surface area contributed by atoms with Crippen LogP contribution in [0.4, 0.5) is 4.79 Å². The van der Waals surface area contributed by atoms with Crippen LogP contribution >= 0.6 is 0 Å². The Morgan fingerprint density at radius 3 is 2.21 bits per heavy atom. The molecule has 0 spiro atoms. The van der Waals surface area contributed by atoms with Gasteiger partial charge in [0.1, 0.15) is 5.54 Å². The van der Waals surface area contributed by atoms with Gasteiger partial charge >= 0.3 is 6.03 Å². The number of urea groups is 1. The maximum Gasteiger partial charge on any atom is 0.326 e. The van der Waals surface area contributed by atoms with Crippen LogP contribution in [-0.4, -0.2) is 41.5 Å². The van der Waals surface area contributed by atoms with Crippen molar-refractivity contribution < 1.29 is 9.59 Å². The Labute approximate surface area is 172 Å². The SMILES string of the molecule is CC[C@]1(c2ccccc2)NC(=O)N(CN2CCC(Cc3ccccc3)CC2)C1=O. The first kappa shape index (κ1) is 19.6. The number of amides is 3. The lowest BCUT2D eigenvalue weighted by molar-refractivity contribution is -0.133. The molecule has 0 saturated carbocycles. The van der Waals surface area contributed by atoms with E-state index >= 15 is 0 Å². The number of likely N-dealkylation sites (tertiary alicyclic amines) is 1. The molecule has 2 fully saturated rings. The van der Waals surface area contributed by atoms with Crippen molar-refractivity contribution in [3.8, 4) is 0 Å². The standard InChI is InChI=1S/C24H29N3O2/c1-2-24(21-11-7-4-8-12-21)22(28)27(23(29)25-24)18-26-15-13-20(14-16-26)17-19-9-5-3-6-10-19/h3-12,20H,2,13-18H2,1H3,(H,25,29)/t24-/m1/s1. The van der Waals surface area contributed by atoms with Gasteiger partial charge in [0, 0.05) is 13.1 Å². The number of benzene rings is 2. The van der Waals surface area contributed by atoms with Crippen LogP contribution < -0.4 is 5.32 Å². The van der Waals surface area contributed by atoms with Crippen LogP contribution in [0.3, 0.4) is 0 Å². The van der Waals surface area contributed by atoms with Gasteiger partial charge in [-0.15, -0.1) is 0 Å². The molecule has 2 aromatic rings. The van der Waals surface area contributed by atoms with Gasteiger partial charge in [0.05, 0.1) is 6.67 Å². The Bertz CT molecular complexity index is 847. The summed E-state index contributed by atoms with van der Waals surface area (Å²) in [7, 11) is 0. The van der Waals surface area contributed by atoms with Crippen LogP contribution in [-0.2, 0) is 16.8 Å². The van der Waals surface area contributed by atoms with Gasteiger partial charge in [-0.2, -0.15) is 0 Å². The second-order valence-electron chi connectivity index (χ2n) is 8.18. The quantitative estimate of drug-likeness (QED) is 0.763. The number of nitrogens with zero attached hydrogens (tertiary/aromatic N) is 2. The van der Waals surface area contributed by atoms with Crippen LogP contribution in [0.1, 0.15) is 37.3 Å². The fraction of sp³-hybridized carbons (Fsp3) is 0.417. The monoisotopic (exact) mass is 391 g/mol. The normalized spacial score (nSPS) is 23.4. The second-order valence-corrected chi connectivity index (χ2v) is 8.18. The van der Waals surface area contributed by atoms with Gasteiger partial charge in [-0.1, -0.05) is 67.6 Å². The number of nitrogens with one attached hydrogen (secondary N) is 1. The van der Waals surface area contributed by atoms with Crippen molar-refractivity contribution in [1.82, 2.24) is 15.1 Å². The Balaban J connectivity index is 1.38. The summed E-state index contributed by atoms with van der Waals surface area (Å²) < 4.78 is 0. The molecule has 29 heavy (non-hydrogen) atoms. The van der Waals surface area contributed by atoms with Gasteiger partial charge in [0.2, 0.25) is 0 Å². The Kier molecular flexibility index (Phi) is 5.67. The lowest BCUT2D eigenvalue weighted by atomic mass is 9.87. The molecular weight excluding hydrogens is 362 g/mol. The zero-order valence-corrected chi connectivity index (χ0v) is 17.0. The summed E-state index contributed by atoms with van der Waals surface area (Å²) in [6.07, 6.45) is 3.83. The number of hydrogen-bond acceptors (Lipinski definition) is 3. The molecule has 2 aromatic carbocycles. The number of rotatable bonds is 6. The average molecular weight is 392 g/mol. The Morgan fingerprint density at radius 1 is 0.966 bits per heavy atom. The first-order valence-corrected chi connectivity index (χ1v) is 10.6. The van der Waals surface area contributed by atoms with Crippen LogP contribution in [0.2, 0.25) is 0 Å². The van der Waals surface area contributed by atoms with E-state index in [1.807, 2.05) is 37.3 Å². The van der Waals surface area contributed by atoms with E-state index in [9.17, 15) is 9.59 Å². The van der Waals surface area contributed by atoms with E-state index in [1.54, 1.807) is 0 Å². The predicted molar refractivity (Wildman–Crippen MR) is 113 cm³/mol. The summed E-state index contributed by atoms with van der Waals surface area (Å²) in [5.41, 5.74) is 1.30. The van der Waals surface area contributed by atoms with Crippen LogP contribution in [0.25, 0.3) is 0 Å². The summed E-state index contributed by atoms with van der Waals surface area (Å²) in [5, 5.41) is 2.98. The number of carbonyl (C=O) groups is 2. The van der Waals surface area contributed by atoms with Gasteiger partial charge in [-0.25, -0.2) is 9.69 Å². The van der Waals surface area contributed by atoms with E-state index in [2.05, 4.69) is 40.5 Å². The number of piperidine rings is 1. The molecule has 4 rings (SSSR count). The van der Waals surface area contributed by atoms with E-state index in [1.165, 1.54) is 10.5 Å². The molecule has 5 nitrogen and oxygen atoms in total. The third kappa shape index (κ3) is 3.92. The lowest BCUT2D eigenvalue weighted by Crippen LogP contribution is -2.47. The summed E-state index contributed by atoms with van der Waals surface area (Å²) >= 11 is 0. The molecule has 0 bridgehead atoms. The molecule has 2 saturated heterocycles. The molecule has 0 unspecified atom stereocenters. The molecule has 2 heterocycles. The highest BCUT2D eigenvalue weighted by Crippen LogP contribution is 2.33. The zero-order valence-electron chi connectivity index (χ0n) is 17.0. The molecule has 0 aromatic heterocycles. The van der Waals surface area contributed by atoms with Gasteiger partial charge in [0.15, 0.2) is 0 Å². The number of imide groups is 1. The minimum absolute atomic E-state index is 0.136. The molecule has 3 amide bonds. The summed E-state index contributed by atoms with van der Waals surface area (Å²) in [6.45, 7) is 4.15. The summed E-state index contributed by atoms with van der Waals surface area (Å²) in [5.74, 6) is 0.526. The topological polar surface area (TPSA) is 52.7 Å². The number of hydrogen-bond donors (Lipinski definition) is 1. The minimum Gasteiger partial charge on any atom is -0.319 e. The predicted octanol–water partition coefficient (Wildman–Crippen LogP) is 3.76. The van der Waals surface area contributed by atoms with Crippen LogP contribution in [0, 0.1) is 5.92 Å². The molecule has 1 atom stereocenters. The maximum absolute atomic E-state index is 13.3. The third-order valence-electron chi connectivity index (χ3n) is 6.39. The van der Waals surface area contributed by atoms with Crippen molar-refractivity contribution >= 4 is 11.9 Å². The van der Waals surface area contributed by atoms with E-state index in [0.717, 1.165) is 37.9 Å². The van der Waals surface area contributed by atoms with Crippen molar-refractivity contribution in [2.75, 3.05) is 19.8 Å². The highest BCUT2D eigenvalue weighted by atomic mass is 16.2. The van der Waals surface area contributed by atoms with Gasteiger partial charge in [-0.3, -0.25) is 9.69 Å². The number of carbonyl (C=O) groups excluding carboxylic acids is 2. The molecule has 2 aliphatic heterocycles. The molecule has 5 heteroatoms.